The maximum absolute atomic E-state index is 11.6. The molecule has 1 heterocycles. The Balaban J connectivity index is 2.26. The van der Waals surface area contributed by atoms with E-state index in [1.807, 2.05) is 28.6 Å². The summed E-state index contributed by atoms with van der Waals surface area (Å²) >= 11 is 3.46. The third-order valence-electron chi connectivity index (χ3n) is 2.06. The largest absolute Gasteiger partial charge is 0.350 e. The van der Waals surface area contributed by atoms with Crippen LogP contribution in [0.1, 0.15) is 30.6 Å². The van der Waals surface area contributed by atoms with Crippen molar-refractivity contribution in [1.82, 2.24) is 5.32 Å². The molecule has 1 amide bonds. The van der Waals surface area contributed by atoms with Crippen molar-refractivity contribution in [2.75, 3.05) is 11.5 Å². The average molecular weight is 243 g/mol. The highest BCUT2D eigenvalue weighted by molar-refractivity contribution is 7.99. The van der Waals surface area contributed by atoms with Gasteiger partial charge in [0.15, 0.2) is 0 Å². The normalized spacial score (nSPS) is 12.4. The van der Waals surface area contributed by atoms with Gasteiger partial charge in [-0.25, -0.2) is 0 Å². The third kappa shape index (κ3) is 4.71. The van der Waals surface area contributed by atoms with Gasteiger partial charge in [-0.1, -0.05) is 6.92 Å². The van der Waals surface area contributed by atoms with Crippen molar-refractivity contribution in [3.05, 3.63) is 22.4 Å². The number of amides is 1. The lowest BCUT2D eigenvalue weighted by molar-refractivity contribution is 0.0940. The number of nitrogens with one attached hydrogen (secondary N) is 1. The van der Waals surface area contributed by atoms with Gasteiger partial charge < -0.3 is 5.32 Å². The molecule has 4 heteroatoms. The smallest absolute Gasteiger partial charge is 0.252 e. The Morgan fingerprint density at radius 1 is 1.67 bits per heavy atom. The fourth-order valence-corrected chi connectivity index (χ4v) is 2.62. The second kappa shape index (κ2) is 6.90. The average Bonchev–Trinajstić information content (AvgIpc) is 2.70. The molecule has 0 radical (unpaired) electrons. The molecule has 0 fully saturated rings. The summed E-state index contributed by atoms with van der Waals surface area (Å²) in [4.78, 5) is 11.6. The summed E-state index contributed by atoms with van der Waals surface area (Å²) in [5, 5.41) is 6.80. The van der Waals surface area contributed by atoms with E-state index in [-0.39, 0.29) is 11.9 Å². The molecule has 15 heavy (non-hydrogen) atoms. The van der Waals surface area contributed by atoms with E-state index in [0.29, 0.717) is 0 Å². The van der Waals surface area contributed by atoms with Crippen LogP contribution in [-0.4, -0.2) is 23.5 Å². The van der Waals surface area contributed by atoms with Gasteiger partial charge in [-0.3, -0.25) is 4.79 Å². The molecule has 1 aromatic heterocycles. The lowest BCUT2D eigenvalue weighted by atomic mass is 10.2. The summed E-state index contributed by atoms with van der Waals surface area (Å²) in [5.74, 6) is 2.30. The summed E-state index contributed by atoms with van der Waals surface area (Å²) in [6.07, 6.45) is 1.04. The van der Waals surface area contributed by atoms with E-state index in [0.717, 1.165) is 23.5 Å². The molecule has 2 nitrogen and oxygen atoms in total. The predicted molar refractivity (Wildman–Crippen MR) is 68.9 cm³/mol. The van der Waals surface area contributed by atoms with Crippen molar-refractivity contribution < 1.29 is 4.79 Å². The monoisotopic (exact) mass is 243 g/mol. The van der Waals surface area contributed by atoms with Gasteiger partial charge in [0.05, 0.1) is 0 Å². The molecule has 1 N–H and O–H groups in total. The standard InChI is InChI=1S/C11H17NOS2/c1-3-14-6-4-9(2)12-11(13)10-5-7-15-8-10/h5,7-9H,3-4,6H2,1-2H3,(H,12,13). The maximum atomic E-state index is 11.6. The topological polar surface area (TPSA) is 29.1 Å². The fourth-order valence-electron chi connectivity index (χ4n) is 1.18. The van der Waals surface area contributed by atoms with Crippen molar-refractivity contribution >= 4 is 29.0 Å². The fraction of sp³-hybridized carbons (Fsp3) is 0.545. The minimum Gasteiger partial charge on any atom is -0.350 e. The predicted octanol–water partition coefficient (Wildman–Crippen LogP) is 3.01. The quantitative estimate of drug-likeness (QED) is 0.778. The Bertz CT molecular complexity index is 285. The van der Waals surface area contributed by atoms with E-state index in [2.05, 4.69) is 19.2 Å². The molecule has 0 saturated heterocycles. The highest BCUT2D eigenvalue weighted by Crippen LogP contribution is 2.07. The second-order valence-corrected chi connectivity index (χ2v) is 5.55. The van der Waals surface area contributed by atoms with Crippen LogP contribution in [0.2, 0.25) is 0 Å². The zero-order chi connectivity index (χ0) is 11.1. The van der Waals surface area contributed by atoms with E-state index < -0.39 is 0 Å². The molecular formula is C11H17NOS2. The van der Waals surface area contributed by atoms with Crippen molar-refractivity contribution in [2.24, 2.45) is 0 Å². The van der Waals surface area contributed by atoms with Crippen LogP contribution in [0.25, 0.3) is 0 Å². The molecule has 0 bridgehead atoms. The summed E-state index contributed by atoms with van der Waals surface area (Å²) in [6.45, 7) is 4.21. The van der Waals surface area contributed by atoms with Gasteiger partial charge in [0.25, 0.3) is 5.91 Å². The van der Waals surface area contributed by atoms with E-state index in [1.54, 1.807) is 11.3 Å². The van der Waals surface area contributed by atoms with Crippen LogP contribution in [-0.2, 0) is 0 Å². The SMILES string of the molecule is CCSCCC(C)NC(=O)c1ccsc1. The molecule has 0 saturated carbocycles. The number of carbonyl (C=O) groups excluding carboxylic acids is 1. The maximum Gasteiger partial charge on any atom is 0.252 e. The minimum atomic E-state index is 0.0465. The van der Waals surface area contributed by atoms with Gasteiger partial charge >= 0.3 is 0 Å². The van der Waals surface area contributed by atoms with E-state index >= 15 is 0 Å². The van der Waals surface area contributed by atoms with E-state index in [9.17, 15) is 4.79 Å². The Labute approximate surface area is 99.5 Å². The molecule has 0 aliphatic carbocycles. The van der Waals surface area contributed by atoms with Gasteiger partial charge in [-0.05, 0) is 36.3 Å². The van der Waals surface area contributed by atoms with Gasteiger partial charge in [-0.2, -0.15) is 23.1 Å². The van der Waals surface area contributed by atoms with Crippen molar-refractivity contribution in [3.8, 4) is 0 Å². The molecule has 0 spiro atoms. The third-order valence-corrected chi connectivity index (χ3v) is 3.68. The first kappa shape index (κ1) is 12.6. The molecule has 1 aromatic rings. The molecule has 84 valence electrons. The molecule has 1 atom stereocenters. The van der Waals surface area contributed by atoms with Gasteiger partial charge in [0.2, 0.25) is 0 Å². The second-order valence-electron chi connectivity index (χ2n) is 3.37. The van der Waals surface area contributed by atoms with Crippen LogP contribution < -0.4 is 5.32 Å². The lowest BCUT2D eigenvalue weighted by Gasteiger charge is -2.12. The van der Waals surface area contributed by atoms with Crippen LogP contribution in [0, 0.1) is 0 Å². The molecule has 0 aliphatic rings. The zero-order valence-electron chi connectivity index (χ0n) is 9.16. The van der Waals surface area contributed by atoms with Crippen molar-refractivity contribution in [3.63, 3.8) is 0 Å². The van der Waals surface area contributed by atoms with Gasteiger partial charge in [0.1, 0.15) is 0 Å². The number of thiophene rings is 1. The zero-order valence-corrected chi connectivity index (χ0v) is 10.8. The number of carbonyl (C=O) groups is 1. The van der Waals surface area contributed by atoms with E-state index in [1.165, 1.54) is 0 Å². The van der Waals surface area contributed by atoms with E-state index in [4.69, 9.17) is 0 Å². The first-order valence-corrected chi connectivity index (χ1v) is 7.24. The molecular weight excluding hydrogens is 226 g/mol. The van der Waals surface area contributed by atoms with Crippen molar-refractivity contribution in [1.29, 1.82) is 0 Å². The number of hydrogen-bond donors (Lipinski definition) is 1. The number of thioether (sulfide) groups is 1. The minimum absolute atomic E-state index is 0.0465. The highest BCUT2D eigenvalue weighted by atomic mass is 32.2. The van der Waals surface area contributed by atoms with Crippen LogP contribution in [0.4, 0.5) is 0 Å². The molecule has 1 unspecified atom stereocenters. The lowest BCUT2D eigenvalue weighted by Crippen LogP contribution is -2.32. The van der Waals surface area contributed by atoms with Gasteiger partial charge in [-0.15, -0.1) is 0 Å². The van der Waals surface area contributed by atoms with Crippen molar-refractivity contribution in [2.45, 2.75) is 26.3 Å². The number of hydrogen-bond acceptors (Lipinski definition) is 3. The Hall–Kier alpha value is -0.480. The van der Waals surface area contributed by atoms with Crippen LogP contribution >= 0.6 is 23.1 Å². The van der Waals surface area contributed by atoms with Crippen LogP contribution in [0.15, 0.2) is 16.8 Å². The van der Waals surface area contributed by atoms with Crippen LogP contribution in [0.5, 0.6) is 0 Å². The summed E-state index contributed by atoms with van der Waals surface area (Å²) in [5.41, 5.74) is 0.773. The number of rotatable bonds is 6. The first-order valence-electron chi connectivity index (χ1n) is 5.14. The van der Waals surface area contributed by atoms with Gasteiger partial charge in [0, 0.05) is 17.0 Å². The summed E-state index contributed by atoms with van der Waals surface area (Å²) in [6, 6.07) is 2.12. The highest BCUT2D eigenvalue weighted by Gasteiger charge is 2.09. The Morgan fingerprint density at radius 3 is 3.07 bits per heavy atom. The Kier molecular flexibility index (Phi) is 5.79. The summed E-state index contributed by atoms with van der Waals surface area (Å²) in [7, 11) is 0. The van der Waals surface area contributed by atoms with Crippen LogP contribution in [0.3, 0.4) is 0 Å². The molecule has 0 aliphatic heterocycles. The first-order chi connectivity index (χ1) is 7.24. The Morgan fingerprint density at radius 2 is 2.47 bits per heavy atom. The summed E-state index contributed by atoms with van der Waals surface area (Å²) < 4.78 is 0. The molecule has 0 aromatic carbocycles. The molecule has 1 rings (SSSR count).